The van der Waals surface area contributed by atoms with Crippen LogP contribution in [0.25, 0.3) is 0 Å². The number of amides is 1. The fourth-order valence-corrected chi connectivity index (χ4v) is 2.88. The van der Waals surface area contributed by atoms with Gasteiger partial charge in [-0.2, -0.15) is 0 Å². The molecule has 0 aromatic heterocycles. The van der Waals surface area contributed by atoms with Crippen molar-refractivity contribution < 1.29 is 37.7 Å². The quantitative estimate of drug-likeness (QED) is 0.661. The lowest BCUT2D eigenvalue weighted by Crippen LogP contribution is -2.35. The van der Waals surface area contributed by atoms with Gasteiger partial charge < -0.3 is 24.6 Å². The third-order valence-electron chi connectivity index (χ3n) is 4.25. The summed E-state index contributed by atoms with van der Waals surface area (Å²) in [5.41, 5.74) is -0.212. The van der Waals surface area contributed by atoms with Crippen molar-refractivity contribution in [2.45, 2.75) is 18.6 Å². The van der Waals surface area contributed by atoms with Crippen molar-refractivity contribution in [3.8, 4) is 11.5 Å². The molecule has 7 nitrogen and oxygen atoms in total. The van der Waals surface area contributed by atoms with Gasteiger partial charge in [0.2, 0.25) is 0 Å². The highest BCUT2D eigenvalue weighted by atomic mass is 19.1. The van der Waals surface area contributed by atoms with E-state index in [-0.39, 0.29) is 5.75 Å². The Hall–Kier alpha value is -3.20. The zero-order chi connectivity index (χ0) is 21.6. The molecule has 0 fully saturated rings. The van der Waals surface area contributed by atoms with Crippen LogP contribution in [-0.4, -0.2) is 38.3 Å². The minimum absolute atomic E-state index is 0.280. The first-order chi connectivity index (χ1) is 13.8. The van der Waals surface area contributed by atoms with Crippen LogP contribution < -0.4 is 14.8 Å². The molecule has 0 aliphatic carbocycles. The molecule has 2 unspecified atom stereocenters. The van der Waals surface area contributed by atoms with Crippen molar-refractivity contribution in [3.05, 3.63) is 59.2 Å². The lowest BCUT2D eigenvalue weighted by Gasteiger charge is -2.23. The molecule has 2 aromatic carbocycles. The number of halogens is 2. The first kappa shape index (κ1) is 22.1. The molecule has 0 aliphatic rings. The van der Waals surface area contributed by atoms with Crippen molar-refractivity contribution in [1.29, 1.82) is 0 Å². The molecule has 0 spiro atoms. The van der Waals surface area contributed by atoms with E-state index in [1.165, 1.54) is 26.4 Å². The topological polar surface area (TPSA) is 94.1 Å². The van der Waals surface area contributed by atoms with E-state index in [1.807, 2.05) is 0 Å². The Bertz CT molecular complexity index is 869. The van der Waals surface area contributed by atoms with Crippen LogP contribution in [-0.2, 0) is 14.3 Å². The Kier molecular flexibility index (Phi) is 7.49. The van der Waals surface area contributed by atoms with Crippen molar-refractivity contribution in [2.24, 2.45) is 0 Å². The molecule has 9 heteroatoms. The number of hydrogen-bond donors (Lipinski definition) is 2. The molecule has 0 bridgehead atoms. The highest BCUT2D eigenvalue weighted by Crippen LogP contribution is 2.32. The number of nitrogens with one attached hydrogen (secondary N) is 1. The van der Waals surface area contributed by atoms with Gasteiger partial charge in [-0.05, 0) is 24.3 Å². The van der Waals surface area contributed by atoms with Crippen LogP contribution in [0, 0.1) is 11.6 Å². The highest BCUT2D eigenvalue weighted by Gasteiger charge is 2.30. The second-order valence-electron chi connectivity index (χ2n) is 6.02. The lowest BCUT2D eigenvalue weighted by atomic mass is 10.0. The average Bonchev–Trinajstić information content (AvgIpc) is 2.69. The van der Waals surface area contributed by atoms with Crippen molar-refractivity contribution in [3.63, 3.8) is 0 Å². The number of methoxy groups -OCH3 is 3. The number of ether oxygens (including phenoxy) is 3. The van der Waals surface area contributed by atoms with Crippen LogP contribution >= 0.6 is 0 Å². The van der Waals surface area contributed by atoms with Crippen LogP contribution in [0.1, 0.15) is 29.7 Å². The van der Waals surface area contributed by atoms with Gasteiger partial charge in [-0.25, -0.2) is 8.78 Å². The summed E-state index contributed by atoms with van der Waals surface area (Å²) in [6, 6.07) is 6.75. The van der Waals surface area contributed by atoms with E-state index < -0.39 is 47.6 Å². The fraction of sp³-hybridized carbons (Fsp3) is 0.300. The number of carbonyl (C=O) groups excluding carboxylic acids is 1. The summed E-state index contributed by atoms with van der Waals surface area (Å²) in [7, 11) is 3.96. The zero-order valence-electron chi connectivity index (χ0n) is 16.1. The summed E-state index contributed by atoms with van der Waals surface area (Å²) in [5, 5.41) is 11.7. The van der Waals surface area contributed by atoms with Gasteiger partial charge in [0.15, 0.2) is 6.10 Å². The molecule has 0 radical (unpaired) electrons. The van der Waals surface area contributed by atoms with E-state index >= 15 is 0 Å². The molecule has 156 valence electrons. The summed E-state index contributed by atoms with van der Waals surface area (Å²) < 4.78 is 43.6. The van der Waals surface area contributed by atoms with Crippen molar-refractivity contribution >= 4 is 11.9 Å². The summed E-state index contributed by atoms with van der Waals surface area (Å²) in [6.45, 7) is 0. The number of rotatable bonds is 9. The zero-order valence-corrected chi connectivity index (χ0v) is 16.1. The largest absolute Gasteiger partial charge is 0.497 e. The number of aliphatic carboxylic acids is 1. The van der Waals surface area contributed by atoms with E-state index in [4.69, 9.17) is 14.2 Å². The standard InChI is InChI=1S/C20H21F2NO6/c1-27-11-7-8-12(16(9-11)28-2)15(10-17(24)25)23-20(26)19(29-3)18-13(21)5-4-6-14(18)22/h4-9,15,19H,10H2,1-3H3,(H,23,26)(H,24,25). The van der Waals surface area contributed by atoms with Crippen molar-refractivity contribution in [1.82, 2.24) is 5.32 Å². The third kappa shape index (κ3) is 5.20. The van der Waals surface area contributed by atoms with E-state index in [9.17, 15) is 23.5 Å². The summed E-state index contributed by atoms with van der Waals surface area (Å²) in [6.07, 6.45) is -2.11. The fourth-order valence-electron chi connectivity index (χ4n) is 2.88. The summed E-state index contributed by atoms with van der Waals surface area (Å²) in [5.74, 6) is -3.26. The van der Waals surface area contributed by atoms with Gasteiger partial charge >= 0.3 is 5.97 Å². The molecular weight excluding hydrogens is 388 g/mol. The first-order valence-corrected chi connectivity index (χ1v) is 8.53. The Morgan fingerprint density at radius 1 is 1.07 bits per heavy atom. The number of carbonyl (C=O) groups is 2. The van der Waals surface area contributed by atoms with E-state index in [1.54, 1.807) is 6.07 Å². The highest BCUT2D eigenvalue weighted by molar-refractivity contribution is 5.83. The smallest absolute Gasteiger partial charge is 0.305 e. The molecule has 29 heavy (non-hydrogen) atoms. The Morgan fingerprint density at radius 2 is 1.72 bits per heavy atom. The predicted molar refractivity (Wildman–Crippen MR) is 98.8 cm³/mol. The second-order valence-corrected chi connectivity index (χ2v) is 6.02. The number of hydrogen-bond acceptors (Lipinski definition) is 5. The molecule has 2 N–H and O–H groups in total. The van der Waals surface area contributed by atoms with Crippen LogP contribution in [0.15, 0.2) is 36.4 Å². The molecule has 0 saturated carbocycles. The maximum atomic E-state index is 14.1. The SMILES string of the molecule is COc1ccc(C(CC(=O)O)NC(=O)C(OC)c2c(F)cccc2F)c(OC)c1. The molecule has 0 heterocycles. The van der Waals surface area contributed by atoms with Gasteiger partial charge in [0.1, 0.15) is 23.1 Å². The van der Waals surface area contributed by atoms with Gasteiger partial charge in [0.25, 0.3) is 5.91 Å². The maximum absolute atomic E-state index is 14.1. The van der Waals surface area contributed by atoms with Crippen molar-refractivity contribution in [2.75, 3.05) is 21.3 Å². The monoisotopic (exact) mass is 409 g/mol. The Morgan fingerprint density at radius 3 is 2.24 bits per heavy atom. The molecule has 0 aliphatic heterocycles. The lowest BCUT2D eigenvalue weighted by molar-refractivity contribution is -0.138. The van der Waals surface area contributed by atoms with Gasteiger partial charge in [0.05, 0.1) is 32.2 Å². The van der Waals surface area contributed by atoms with E-state index in [0.29, 0.717) is 11.3 Å². The second kappa shape index (κ2) is 9.83. The first-order valence-electron chi connectivity index (χ1n) is 8.53. The van der Waals surface area contributed by atoms with Crippen LogP contribution in [0.4, 0.5) is 8.78 Å². The number of benzene rings is 2. The van der Waals surface area contributed by atoms with Gasteiger partial charge in [-0.1, -0.05) is 6.07 Å². The minimum atomic E-state index is -1.61. The van der Waals surface area contributed by atoms with Crippen LogP contribution in [0.5, 0.6) is 11.5 Å². The molecule has 0 saturated heterocycles. The molecule has 2 atom stereocenters. The summed E-state index contributed by atoms with van der Waals surface area (Å²) in [4.78, 5) is 24.1. The van der Waals surface area contributed by atoms with Crippen LogP contribution in [0.2, 0.25) is 0 Å². The number of carboxylic acids is 1. The molecule has 1 amide bonds. The van der Waals surface area contributed by atoms with Crippen LogP contribution in [0.3, 0.4) is 0 Å². The number of carboxylic acid groups (broad SMARTS) is 1. The van der Waals surface area contributed by atoms with E-state index in [2.05, 4.69) is 5.32 Å². The summed E-state index contributed by atoms with van der Waals surface area (Å²) >= 11 is 0. The normalized spacial score (nSPS) is 12.7. The molecular formula is C20H21F2NO6. The predicted octanol–water partition coefficient (Wildman–Crippen LogP) is 3.00. The average molecular weight is 409 g/mol. The Balaban J connectivity index is 2.39. The van der Waals surface area contributed by atoms with Gasteiger partial charge in [0, 0.05) is 18.7 Å². The Labute approximate surface area is 166 Å². The van der Waals surface area contributed by atoms with E-state index in [0.717, 1.165) is 25.3 Å². The third-order valence-corrected chi connectivity index (χ3v) is 4.25. The maximum Gasteiger partial charge on any atom is 0.305 e. The molecule has 2 aromatic rings. The van der Waals surface area contributed by atoms with Gasteiger partial charge in [-0.15, -0.1) is 0 Å². The van der Waals surface area contributed by atoms with Gasteiger partial charge in [-0.3, -0.25) is 9.59 Å². The molecule has 2 rings (SSSR count). The minimum Gasteiger partial charge on any atom is -0.497 e.